The number of sulfonamides is 1. The normalized spacial score (nSPS) is 12.8. The monoisotopic (exact) mass is 487 g/mol. The molecule has 0 unspecified atom stereocenters. The molecular weight excluding hydrogens is 462 g/mol. The van der Waals surface area contributed by atoms with Crippen LogP contribution >= 0.6 is 15.9 Å². The van der Waals surface area contributed by atoms with Crippen molar-refractivity contribution in [2.75, 3.05) is 30.4 Å². The van der Waals surface area contributed by atoms with Crippen LogP contribution in [-0.2, 0) is 10.0 Å². The Morgan fingerprint density at radius 3 is 2.66 bits per heavy atom. The minimum Gasteiger partial charge on any atom is -0.396 e. The number of halogens is 1. The lowest BCUT2D eigenvalue weighted by molar-refractivity contribution is 0.249. The van der Waals surface area contributed by atoms with Gasteiger partial charge in [0.25, 0.3) is 0 Å². The van der Waals surface area contributed by atoms with Gasteiger partial charge in [-0.3, -0.25) is 0 Å². The van der Waals surface area contributed by atoms with Gasteiger partial charge in [-0.1, -0.05) is 19.9 Å². The summed E-state index contributed by atoms with van der Waals surface area (Å²) < 4.78 is 27.8. The molecule has 29 heavy (non-hydrogen) atoms. The summed E-state index contributed by atoms with van der Waals surface area (Å²) >= 11 is 3.39. The fourth-order valence-corrected chi connectivity index (χ4v) is 3.79. The number of aromatic nitrogens is 2. The molecule has 2 aromatic rings. The Balaban J connectivity index is 2.19. The van der Waals surface area contributed by atoms with Gasteiger partial charge in [0.2, 0.25) is 16.0 Å². The van der Waals surface area contributed by atoms with Crippen LogP contribution in [0, 0.1) is 5.92 Å². The van der Waals surface area contributed by atoms with E-state index in [1.54, 1.807) is 18.3 Å². The second kappa shape index (κ2) is 10.8. The fraction of sp³-hybridized carbons (Fsp3) is 0.444. The van der Waals surface area contributed by atoms with Crippen LogP contribution in [0.15, 0.2) is 39.8 Å². The molecule has 9 nitrogen and oxygen atoms in total. The van der Waals surface area contributed by atoms with Crippen LogP contribution in [0.1, 0.15) is 20.3 Å². The van der Waals surface area contributed by atoms with Crippen LogP contribution in [0.3, 0.4) is 0 Å². The number of nitrogens with one attached hydrogen (secondary N) is 3. The minimum absolute atomic E-state index is 0.0416. The van der Waals surface area contributed by atoms with E-state index in [4.69, 9.17) is 5.11 Å². The average molecular weight is 488 g/mol. The summed E-state index contributed by atoms with van der Waals surface area (Å²) in [5, 5.41) is 24.5. The molecule has 11 heteroatoms. The van der Waals surface area contributed by atoms with Crippen LogP contribution in [-0.4, -0.2) is 54.4 Å². The zero-order chi connectivity index (χ0) is 21.4. The third-order valence-electron chi connectivity index (χ3n) is 4.10. The van der Waals surface area contributed by atoms with Gasteiger partial charge in [-0.15, -0.1) is 0 Å². The van der Waals surface area contributed by atoms with Crippen molar-refractivity contribution in [1.82, 2.24) is 14.7 Å². The largest absolute Gasteiger partial charge is 0.396 e. The van der Waals surface area contributed by atoms with Gasteiger partial charge in [-0.25, -0.2) is 18.1 Å². The van der Waals surface area contributed by atoms with Gasteiger partial charge >= 0.3 is 0 Å². The quantitative estimate of drug-likeness (QED) is 0.303. The van der Waals surface area contributed by atoms with Crippen LogP contribution in [0.25, 0.3) is 0 Å². The lowest BCUT2D eigenvalue weighted by Crippen LogP contribution is -2.30. The Bertz CT molecular complexity index is 911. The van der Waals surface area contributed by atoms with Gasteiger partial charge in [0.1, 0.15) is 5.82 Å². The van der Waals surface area contributed by atoms with Gasteiger partial charge in [0, 0.05) is 25.0 Å². The zero-order valence-electron chi connectivity index (χ0n) is 16.3. The maximum Gasteiger partial charge on any atom is 0.240 e. The van der Waals surface area contributed by atoms with Crippen molar-refractivity contribution in [3.63, 3.8) is 0 Å². The second-order valence-corrected chi connectivity index (χ2v) is 9.32. The molecule has 1 heterocycles. The van der Waals surface area contributed by atoms with Crippen LogP contribution < -0.4 is 15.4 Å². The Hall–Kier alpha value is -1.79. The molecule has 1 aromatic heterocycles. The lowest BCUT2D eigenvalue weighted by Gasteiger charge is -2.21. The van der Waals surface area contributed by atoms with Crippen molar-refractivity contribution in [3.05, 3.63) is 34.9 Å². The first-order valence-electron chi connectivity index (χ1n) is 9.14. The predicted octanol–water partition coefficient (Wildman–Crippen LogP) is 2.07. The van der Waals surface area contributed by atoms with Crippen LogP contribution in [0.4, 0.5) is 17.5 Å². The third kappa shape index (κ3) is 6.89. The molecule has 0 radical (unpaired) electrons. The van der Waals surface area contributed by atoms with E-state index in [2.05, 4.69) is 41.3 Å². The van der Waals surface area contributed by atoms with Crippen LogP contribution in [0.5, 0.6) is 0 Å². The molecule has 0 saturated carbocycles. The summed E-state index contributed by atoms with van der Waals surface area (Å²) in [6.07, 6.45) is 1.91. The molecule has 0 aliphatic carbocycles. The smallest absolute Gasteiger partial charge is 0.240 e. The average Bonchev–Trinajstić information content (AvgIpc) is 2.68. The number of aliphatic hydroxyl groups excluding tert-OH is 2. The molecule has 160 valence electrons. The molecule has 2 rings (SSSR count). The highest BCUT2D eigenvalue weighted by atomic mass is 79.9. The van der Waals surface area contributed by atoms with E-state index in [-0.39, 0.29) is 42.6 Å². The number of anilines is 3. The molecule has 0 aliphatic rings. The van der Waals surface area contributed by atoms with E-state index >= 15 is 0 Å². The van der Waals surface area contributed by atoms with Gasteiger partial charge in [0.15, 0.2) is 0 Å². The summed E-state index contributed by atoms with van der Waals surface area (Å²) in [5.74, 6) is 0.988. The van der Waals surface area contributed by atoms with Gasteiger partial charge in [0.05, 0.1) is 22.0 Å². The van der Waals surface area contributed by atoms with E-state index in [1.165, 1.54) is 12.1 Å². The molecule has 0 amide bonds. The maximum atomic E-state index is 12.3. The van der Waals surface area contributed by atoms with Crippen LogP contribution in [0.2, 0.25) is 0 Å². The van der Waals surface area contributed by atoms with E-state index in [0.29, 0.717) is 22.4 Å². The number of hydrogen-bond donors (Lipinski definition) is 5. The summed E-state index contributed by atoms with van der Waals surface area (Å²) in [7, 11) is -3.68. The van der Waals surface area contributed by atoms with Crippen molar-refractivity contribution < 1.29 is 18.6 Å². The molecule has 0 aliphatic heterocycles. The first-order valence-corrected chi connectivity index (χ1v) is 11.4. The molecule has 0 fully saturated rings. The first kappa shape index (κ1) is 23.5. The zero-order valence-corrected chi connectivity index (χ0v) is 18.7. The van der Waals surface area contributed by atoms with E-state index in [0.717, 1.165) is 0 Å². The van der Waals surface area contributed by atoms with E-state index < -0.39 is 10.0 Å². The first-order chi connectivity index (χ1) is 13.8. The highest BCUT2D eigenvalue weighted by Crippen LogP contribution is 2.24. The van der Waals surface area contributed by atoms with Crippen molar-refractivity contribution in [2.24, 2.45) is 5.92 Å². The number of hydrogen-bond acceptors (Lipinski definition) is 8. The summed E-state index contributed by atoms with van der Waals surface area (Å²) in [4.78, 5) is 8.70. The predicted molar refractivity (Wildman–Crippen MR) is 116 cm³/mol. The minimum atomic E-state index is -3.68. The van der Waals surface area contributed by atoms with E-state index in [1.807, 2.05) is 13.8 Å². The SMILES string of the molecule is CC(C)[C@H](CO)Nc1nc(Nc2cccc(S(=O)(=O)NCCCO)c2)ncc1Br. The molecule has 1 atom stereocenters. The van der Waals surface area contributed by atoms with Crippen molar-refractivity contribution in [1.29, 1.82) is 0 Å². The summed E-state index contributed by atoms with van der Waals surface area (Å²) in [6.45, 7) is 4.00. The number of nitrogens with zero attached hydrogens (tertiary/aromatic N) is 2. The van der Waals surface area contributed by atoms with Crippen molar-refractivity contribution in [2.45, 2.75) is 31.2 Å². The molecule has 0 saturated heterocycles. The van der Waals surface area contributed by atoms with Gasteiger partial charge in [-0.2, -0.15) is 4.98 Å². The van der Waals surface area contributed by atoms with E-state index in [9.17, 15) is 13.5 Å². The summed E-state index contributed by atoms with van der Waals surface area (Å²) in [6, 6.07) is 6.10. The second-order valence-electron chi connectivity index (χ2n) is 6.70. The highest BCUT2D eigenvalue weighted by molar-refractivity contribution is 9.10. The molecule has 0 spiro atoms. The Morgan fingerprint density at radius 2 is 2.00 bits per heavy atom. The third-order valence-corrected chi connectivity index (χ3v) is 6.13. The topological polar surface area (TPSA) is 136 Å². The standard InChI is InChI=1S/C18H26BrN5O4S/c1-12(2)16(11-26)23-17-15(19)10-20-18(24-17)22-13-5-3-6-14(9-13)29(27,28)21-7-4-8-25/h3,5-6,9-10,12,16,21,25-26H,4,7-8,11H2,1-2H3,(H2,20,22,23,24)/t16-/m0/s1. The van der Waals surface area contributed by atoms with Gasteiger partial charge < -0.3 is 20.8 Å². The van der Waals surface area contributed by atoms with Crippen molar-refractivity contribution >= 4 is 43.4 Å². The maximum absolute atomic E-state index is 12.3. The number of rotatable bonds is 11. The van der Waals surface area contributed by atoms with Gasteiger partial charge in [-0.05, 0) is 46.5 Å². The Kier molecular flexibility index (Phi) is 8.78. The van der Waals surface area contributed by atoms with Crippen molar-refractivity contribution in [3.8, 4) is 0 Å². The Morgan fingerprint density at radius 1 is 1.24 bits per heavy atom. The Labute approximate surface area is 179 Å². The number of benzene rings is 1. The molecule has 0 bridgehead atoms. The molecule has 1 aromatic carbocycles. The number of aliphatic hydroxyl groups is 2. The highest BCUT2D eigenvalue weighted by Gasteiger charge is 2.16. The molecular formula is C18H26BrN5O4S. The lowest BCUT2D eigenvalue weighted by atomic mass is 10.1. The summed E-state index contributed by atoms with van der Waals surface area (Å²) in [5.41, 5.74) is 0.505. The fourth-order valence-electron chi connectivity index (χ4n) is 2.37. The molecule has 5 N–H and O–H groups in total.